The van der Waals surface area contributed by atoms with Gasteiger partial charge in [-0.2, -0.15) is 0 Å². The van der Waals surface area contributed by atoms with E-state index in [1.807, 2.05) is 41.3 Å². The van der Waals surface area contributed by atoms with E-state index >= 15 is 0 Å². The molecule has 1 amide bonds. The largest absolute Gasteiger partial charge is 0.320 e. The maximum Gasteiger partial charge on any atom is 0.276 e. The Morgan fingerprint density at radius 3 is 2.54 bits per heavy atom. The number of amides is 1. The zero-order valence-corrected chi connectivity index (χ0v) is 15.9. The van der Waals surface area contributed by atoms with Gasteiger partial charge >= 0.3 is 0 Å². The van der Waals surface area contributed by atoms with Crippen molar-refractivity contribution in [3.8, 4) is 11.3 Å². The van der Waals surface area contributed by atoms with Gasteiger partial charge in [0.2, 0.25) is 4.80 Å². The van der Waals surface area contributed by atoms with Crippen molar-refractivity contribution in [1.29, 1.82) is 0 Å². The van der Waals surface area contributed by atoms with Crippen LogP contribution >= 0.6 is 34.5 Å². The third-order valence-corrected chi connectivity index (χ3v) is 5.39. The first-order valence-electron chi connectivity index (χ1n) is 7.66. The summed E-state index contributed by atoms with van der Waals surface area (Å²) < 4.78 is 1.92. The van der Waals surface area contributed by atoms with Crippen LogP contribution in [0.3, 0.4) is 0 Å². The molecule has 2 aromatic carbocycles. The molecule has 5 nitrogen and oxygen atoms in total. The molecule has 0 aliphatic carbocycles. The van der Waals surface area contributed by atoms with E-state index in [4.69, 9.17) is 23.2 Å². The molecule has 3 aromatic rings. The number of rotatable bonds is 2. The van der Waals surface area contributed by atoms with Crippen LogP contribution in [0, 0.1) is 0 Å². The van der Waals surface area contributed by atoms with E-state index < -0.39 is 0 Å². The summed E-state index contributed by atoms with van der Waals surface area (Å²) in [5.41, 5.74) is 3.61. The van der Waals surface area contributed by atoms with Gasteiger partial charge in [0.25, 0.3) is 5.91 Å². The summed E-state index contributed by atoms with van der Waals surface area (Å²) in [5, 5.41) is 14.4. The summed E-state index contributed by atoms with van der Waals surface area (Å²) in [6.45, 7) is 0. The molecular weight excluding hydrogens is 391 g/mol. The Balaban J connectivity index is 1.75. The summed E-state index contributed by atoms with van der Waals surface area (Å²) in [5.74, 6) is -0.289. The van der Waals surface area contributed by atoms with Crippen LogP contribution in [0.15, 0.2) is 58.0 Å². The van der Waals surface area contributed by atoms with Gasteiger partial charge in [-0.25, -0.2) is 0 Å². The molecule has 2 heterocycles. The molecule has 1 aliphatic rings. The Hall–Kier alpha value is -2.41. The standard InChI is InChI=1S/C18H12Cl2N4OS/c1-24-15(10-2-4-11(19)5-3-10)9-26-18(24)23-22-16-13-8-12(20)6-7-14(13)21-17(16)25/h2-9H,1H3,(H,21,22,25)/b23-18-. The molecule has 0 saturated carbocycles. The van der Waals surface area contributed by atoms with Crippen LogP contribution < -0.4 is 10.1 Å². The number of hydrogen-bond donors (Lipinski definition) is 1. The van der Waals surface area contributed by atoms with Crippen LogP contribution in [0.5, 0.6) is 0 Å². The van der Waals surface area contributed by atoms with E-state index in [0.717, 1.165) is 11.3 Å². The highest BCUT2D eigenvalue weighted by Crippen LogP contribution is 2.26. The van der Waals surface area contributed by atoms with Crippen molar-refractivity contribution in [3.63, 3.8) is 0 Å². The van der Waals surface area contributed by atoms with Crippen molar-refractivity contribution in [2.75, 3.05) is 5.32 Å². The molecule has 8 heteroatoms. The highest BCUT2D eigenvalue weighted by Gasteiger charge is 2.26. The van der Waals surface area contributed by atoms with Crippen molar-refractivity contribution in [2.45, 2.75) is 0 Å². The van der Waals surface area contributed by atoms with Crippen molar-refractivity contribution in [3.05, 3.63) is 68.3 Å². The molecule has 0 spiro atoms. The fourth-order valence-corrected chi connectivity index (χ4v) is 3.81. The number of fused-ring (bicyclic) bond motifs is 1. The van der Waals surface area contributed by atoms with Crippen molar-refractivity contribution >= 4 is 51.8 Å². The van der Waals surface area contributed by atoms with Gasteiger partial charge in [-0.15, -0.1) is 21.5 Å². The number of thiazole rings is 1. The Kier molecular flexibility index (Phi) is 4.40. The highest BCUT2D eigenvalue weighted by molar-refractivity contribution is 7.07. The summed E-state index contributed by atoms with van der Waals surface area (Å²) in [7, 11) is 1.90. The molecule has 4 rings (SSSR count). The van der Waals surface area contributed by atoms with Crippen LogP contribution in [0.1, 0.15) is 5.56 Å². The Labute approximate surface area is 163 Å². The predicted molar refractivity (Wildman–Crippen MR) is 106 cm³/mol. The van der Waals surface area contributed by atoms with Crippen LogP contribution in [0.4, 0.5) is 5.69 Å². The van der Waals surface area contributed by atoms with E-state index in [0.29, 0.717) is 26.1 Å². The maximum absolute atomic E-state index is 12.1. The van der Waals surface area contributed by atoms with E-state index in [1.165, 1.54) is 11.3 Å². The van der Waals surface area contributed by atoms with Gasteiger partial charge in [0.1, 0.15) is 0 Å². The van der Waals surface area contributed by atoms with Crippen molar-refractivity contribution < 1.29 is 4.79 Å². The van der Waals surface area contributed by atoms with Gasteiger partial charge in [0, 0.05) is 28.0 Å². The number of nitrogens with zero attached hydrogens (tertiary/aromatic N) is 3. The van der Waals surface area contributed by atoms with Gasteiger partial charge < -0.3 is 9.88 Å². The molecule has 0 radical (unpaired) electrons. The topological polar surface area (TPSA) is 58.8 Å². The molecule has 0 unspecified atom stereocenters. The number of carbonyl (C=O) groups excluding carboxylic acids is 1. The second-order valence-electron chi connectivity index (χ2n) is 5.66. The normalized spacial score (nSPS) is 15.4. The minimum Gasteiger partial charge on any atom is -0.320 e. The Bertz CT molecular complexity index is 1110. The summed E-state index contributed by atoms with van der Waals surface area (Å²) in [6.07, 6.45) is 0. The second-order valence-corrected chi connectivity index (χ2v) is 7.37. The molecule has 1 aromatic heterocycles. The van der Waals surface area contributed by atoms with E-state index in [1.54, 1.807) is 18.2 Å². The average molecular weight is 403 g/mol. The lowest BCUT2D eigenvalue weighted by Crippen LogP contribution is -2.15. The van der Waals surface area contributed by atoms with Gasteiger partial charge in [0.15, 0.2) is 5.71 Å². The molecule has 0 saturated heterocycles. The third kappa shape index (κ3) is 3.07. The number of hydrogen-bond acceptors (Lipinski definition) is 4. The summed E-state index contributed by atoms with van der Waals surface area (Å²) in [6, 6.07) is 12.8. The van der Waals surface area contributed by atoms with Gasteiger partial charge in [0.05, 0.1) is 11.4 Å². The first-order valence-corrected chi connectivity index (χ1v) is 9.30. The zero-order chi connectivity index (χ0) is 18.3. The quantitative estimate of drug-likeness (QED) is 0.637. The molecule has 1 N–H and O–H groups in total. The lowest BCUT2D eigenvalue weighted by molar-refractivity contribution is -0.110. The highest BCUT2D eigenvalue weighted by atomic mass is 35.5. The molecule has 1 aliphatic heterocycles. The Morgan fingerprint density at radius 2 is 1.77 bits per heavy atom. The SMILES string of the molecule is Cn1c(-c2ccc(Cl)cc2)cs/c1=N\N=C1\C(=O)Nc2ccc(Cl)cc21. The van der Waals surface area contributed by atoms with Gasteiger partial charge in [-0.1, -0.05) is 35.3 Å². The molecule has 130 valence electrons. The van der Waals surface area contributed by atoms with Crippen LogP contribution in [-0.4, -0.2) is 16.2 Å². The number of benzene rings is 2. The van der Waals surface area contributed by atoms with Gasteiger partial charge in [-0.3, -0.25) is 4.79 Å². The lowest BCUT2D eigenvalue weighted by atomic mass is 10.1. The molecule has 26 heavy (non-hydrogen) atoms. The molecule has 0 atom stereocenters. The Morgan fingerprint density at radius 1 is 1.04 bits per heavy atom. The number of nitrogens with one attached hydrogen (secondary N) is 1. The van der Waals surface area contributed by atoms with Crippen molar-refractivity contribution in [2.24, 2.45) is 17.3 Å². The smallest absolute Gasteiger partial charge is 0.276 e. The number of halogens is 2. The predicted octanol–water partition coefficient (Wildman–Crippen LogP) is 4.32. The molecular formula is C18H12Cl2N4OS. The van der Waals surface area contributed by atoms with E-state index in [2.05, 4.69) is 15.5 Å². The molecule has 0 bridgehead atoms. The fraction of sp³-hybridized carbons (Fsp3) is 0.0556. The first kappa shape index (κ1) is 17.0. The lowest BCUT2D eigenvalue weighted by Gasteiger charge is -2.02. The average Bonchev–Trinajstić information content (AvgIpc) is 3.13. The third-order valence-electron chi connectivity index (χ3n) is 4.00. The first-order chi connectivity index (χ1) is 12.5. The van der Waals surface area contributed by atoms with Crippen LogP contribution in [0.2, 0.25) is 10.0 Å². The van der Waals surface area contributed by atoms with Crippen molar-refractivity contribution in [1.82, 2.24) is 4.57 Å². The number of aromatic nitrogens is 1. The summed E-state index contributed by atoms with van der Waals surface area (Å²) in [4.78, 5) is 12.8. The zero-order valence-electron chi connectivity index (χ0n) is 13.5. The van der Waals surface area contributed by atoms with Gasteiger partial charge in [-0.05, 0) is 35.9 Å². The number of anilines is 1. The van der Waals surface area contributed by atoms with Crippen LogP contribution in [-0.2, 0) is 11.8 Å². The van der Waals surface area contributed by atoms with E-state index in [-0.39, 0.29) is 11.6 Å². The monoisotopic (exact) mass is 402 g/mol. The van der Waals surface area contributed by atoms with Crippen LogP contribution in [0.25, 0.3) is 11.3 Å². The minimum absolute atomic E-state index is 0.254. The second kappa shape index (κ2) is 6.72. The minimum atomic E-state index is -0.289. The fourth-order valence-electron chi connectivity index (χ4n) is 2.66. The van der Waals surface area contributed by atoms with E-state index in [9.17, 15) is 4.79 Å². The number of carbonyl (C=O) groups is 1. The summed E-state index contributed by atoms with van der Waals surface area (Å²) >= 11 is 13.4. The molecule has 0 fully saturated rings. The maximum atomic E-state index is 12.1.